The fourth-order valence-corrected chi connectivity index (χ4v) is 2.23. The molecular weight excluding hydrogens is 252 g/mol. The van der Waals surface area contributed by atoms with Gasteiger partial charge in [0.2, 0.25) is 0 Å². The number of fused-ring (bicyclic) bond motifs is 1. The molecule has 0 unspecified atom stereocenters. The lowest BCUT2D eigenvalue weighted by Gasteiger charge is -2.10. The lowest BCUT2D eigenvalue weighted by atomic mass is 10.1. The zero-order valence-electron chi connectivity index (χ0n) is 11.3. The Morgan fingerprint density at radius 2 is 1.95 bits per heavy atom. The summed E-state index contributed by atoms with van der Waals surface area (Å²) in [5.74, 6) is 1.62. The largest absolute Gasteiger partial charge is 0.485 e. The Hall–Kier alpha value is -2.56. The van der Waals surface area contributed by atoms with E-state index >= 15 is 0 Å². The molecule has 0 fully saturated rings. The fourth-order valence-electron chi connectivity index (χ4n) is 2.23. The number of nitrogen functional groups attached to an aromatic ring is 1. The van der Waals surface area contributed by atoms with Crippen LogP contribution in [0.1, 0.15) is 12.7 Å². The fraction of sp³-hybridized carbons (Fsp3) is 0.200. The molecule has 0 aliphatic carbocycles. The first-order valence-electron chi connectivity index (χ1n) is 6.56. The van der Waals surface area contributed by atoms with Crippen LogP contribution in [0.5, 0.6) is 5.75 Å². The molecule has 5 nitrogen and oxygen atoms in total. The van der Waals surface area contributed by atoms with E-state index in [-0.39, 0.29) is 0 Å². The minimum Gasteiger partial charge on any atom is -0.485 e. The number of aryl methyl sites for hydroxylation is 1. The number of benzene rings is 2. The number of hydrogen-bond donors (Lipinski definition) is 1. The topological polar surface area (TPSA) is 66.0 Å². The Bertz CT molecular complexity index is 736. The average Bonchev–Trinajstić information content (AvgIpc) is 2.94. The number of nitrogens with two attached hydrogens (primary N) is 1. The SMILES string of the molecule is CCn1ncnc1COc1ccc(N)c2ccccc12. The van der Waals surface area contributed by atoms with E-state index in [4.69, 9.17) is 10.5 Å². The molecule has 0 saturated heterocycles. The van der Waals surface area contributed by atoms with Crippen LogP contribution in [0, 0.1) is 0 Å². The normalized spacial score (nSPS) is 10.8. The predicted octanol–water partition coefficient (Wildman–Crippen LogP) is 2.61. The summed E-state index contributed by atoms with van der Waals surface area (Å²) < 4.78 is 7.70. The van der Waals surface area contributed by atoms with Crippen LogP contribution >= 0.6 is 0 Å². The van der Waals surface area contributed by atoms with Gasteiger partial charge >= 0.3 is 0 Å². The van der Waals surface area contributed by atoms with Gasteiger partial charge in [-0.25, -0.2) is 9.67 Å². The minimum atomic E-state index is 0.391. The summed E-state index contributed by atoms with van der Waals surface area (Å²) in [4.78, 5) is 4.20. The summed E-state index contributed by atoms with van der Waals surface area (Å²) in [6.07, 6.45) is 1.54. The maximum absolute atomic E-state index is 5.98. The van der Waals surface area contributed by atoms with Gasteiger partial charge in [0.25, 0.3) is 0 Å². The lowest BCUT2D eigenvalue weighted by molar-refractivity contribution is 0.291. The molecule has 2 aromatic carbocycles. The summed E-state index contributed by atoms with van der Waals surface area (Å²) in [7, 11) is 0. The Labute approximate surface area is 117 Å². The van der Waals surface area contributed by atoms with Crippen LogP contribution in [-0.2, 0) is 13.2 Å². The maximum Gasteiger partial charge on any atom is 0.164 e. The van der Waals surface area contributed by atoms with Crippen molar-refractivity contribution in [2.24, 2.45) is 0 Å². The number of hydrogen-bond acceptors (Lipinski definition) is 4. The molecule has 1 heterocycles. The van der Waals surface area contributed by atoms with Crippen molar-refractivity contribution in [3.05, 3.63) is 48.5 Å². The van der Waals surface area contributed by atoms with Crippen LogP contribution in [0.2, 0.25) is 0 Å². The van der Waals surface area contributed by atoms with E-state index in [1.807, 2.05) is 48.0 Å². The third-order valence-corrected chi connectivity index (χ3v) is 3.27. The monoisotopic (exact) mass is 268 g/mol. The Kier molecular flexibility index (Phi) is 3.25. The van der Waals surface area contributed by atoms with E-state index in [1.54, 1.807) is 6.33 Å². The molecule has 0 amide bonds. The second-order valence-electron chi connectivity index (χ2n) is 4.48. The van der Waals surface area contributed by atoms with Crippen molar-refractivity contribution in [3.63, 3.8) is 0 Å². The highest BCUT2D eigenvalue weighted by Crippen LogP contribution is 2.30. The first kappa shape index (κ1) is 12.5. The molecule has 0 saturated carbocycles. The number of ether oxygens (including phenoxy) is 1. The van der Waals surface area contributed by atoms with Gasteiger partial charge in [-0.3, -0.25) is 0 Å². The van der Waals surface area contributed by atoms with Crippen molar-refractivity contribution in [2.45, 2.75) is 20.1 Å². The first-order chi connectivity index (χ1) is 9.79. The number of aromatic nitrogens is 3. The van der Waals surface area contributed by atoms with Crippen molar-refractivity contribution in [1.82, 2.24) is 14.8 Å². The number of rotatable bonds is 4. The summed E-state index contributed by atoms with van der Waals surface area (Å²) in [5.41, 5.74) is 6.73. The van der Waals surface area contributed by atoms with Crippen LogP contribution < -0.4 is 10.5 Å². The molecular formula is C15H16N4O. The second-order valence-corrected chi connectivity index (χ2v) is 4.48. The van der Waals surface area contributed by atoms with Gasteiger partial charge < -0.3 is 10.5 Å². The van der Waals surface area contributed by atoms with Gasteiger partial charge in [0.1, 0.15) is 18.7 Å². The van der Waals surface area contributed by atoms with Crippen LogP contribution in [0.15, 0.2) is 42.7 Å². The molecule has 1 aromatic heterocycles. The molecule has 3 rings (SSSR count). The van der Waals surface area contributed by atoms with E-state index < -0.39 is 0 Å². The van der Waals surface area contributed by atoms with Crippen LogP contribution in [-0.4, -0.2) is 14.8 Å². The van der Waals surface area contributed by atoms with Gasteiger partial charge in [-0.15, -0.1) is 0 Å². The third-order valence-electron chi connectivity index (χ3n) is 3.27. The molecule has 0 bridgehead atoms. The van der Waals surface area contributed by atoms with Gasteiger partial charge in [0, 0.05) is 23.0 Å². The van der Waals surface area contributed by atoms with Crippen LogP contribution in [0.25, 0.3) is 10.8 Å². The molecule has 0 radical (unpaired) electrons. The predicted molar refractivity (Wildman–Crippen MR) is 78.4 cm³/mol. The maximum atomic E-state index is 5.98. The zero-order valence-corrected chi connectivity index (χ0v) is 11.3. The van der Waals surface area contributed by atoms with Crippen molar-refractivity contribution in [1.29, 1.82) is 0 Å². The Morgan fingerprint density at radius 3 is 2.75 bits per heavy atom. The van der Waals surface area contributed by atoms with Gasteiger partial charge in [-0.1, -0.05) is 24.3 Å². The Morgan fingerprint density at radius 1 is 1.15 bits per heavy atom. The molecule has 2 N–H and O–H groups in total. The molecule has 20 heavy (non-hydrogen) atoms. The third kappa shape index (κ3) is 2.18. The zero-order chi connectivity index (χ0) is 13.9. The highest BCUT2D eigenvalue weighted by molar-refractivity contribution is 5.96. The van der Waals surface area contributed by atoms with Crippen molar-refractivity contribution < 1.29 is 4.74 Å². The van der Waals surface area contributed by atoms with Gasteiger partial charge in [0.05, 0.1) is 0 Å². The van der Waals surface area contributed by atoms with Crippen molar-refractivity contribution in [2.75, 3.05) is 5.73 Å². The Balaban J connectivity index is 1.90. The minimum absolute atomic E-state index is 0.391. The lowest BCUT2D eigenvalue weighted by Crippen LogP contribution is -2.07. The molecule has 0 spiro atoms. The number of anilines is 1. The summed E-state index contributed by atoms with van der Waals surface area (Å²) in [6, 6.07) is 11.7. The highest BCUT2D eigenvalue weighted by atomic mass is 16.5. The standard InChI is InChI=1S/C15H16N4O/c1-2-19-15(17-10-18-19)9-20-14-8-7-13(16)11-5-3-4-6-12(11)14/h3-8,10H,2,9,16H2,1H3. The van der Waals surface area contributed by atoms with E-state index in [1.165, 1.54) is 0 Å². The van der Waals surface area contributed by atoms with E-state index in [2.05, 4.69) is 10.1 Å². The molecule has 0 aliphatic rings. The van der Waals surface area contributed by atoms with Crippen LogP contribution in [0.4, 0.5) is 5.69 Å². The summed E-state index contributed by atoms with van der Waals surface area (Å²) >= 11 is 0. The van der Waals surface area contributed by atoms with Gasteiger partial charge in [-0.05, 0) is 19.1 Å². The van der Waals surface area contributed by atoms with E-state index in [0.29, 0.717) is 6.61 Å². The second kappa shape index (κ2) is 5.21. The summed E-state index contributed by atoms with van der Waals surface area (Å²) in [6.45, 7) is 3.19. The summed E-state index contributed by atoms with van der Waals surface area (Å²) in [5, 5.41) is 6.14. The van der Waals surface area contributed by atoms with Crippen LogP contribution in [0.3, 0.4) is 0 Å². The number of nitrogens with zero attached hydrogens (tertiary/aromatic N) is 3. The molecule has 3 aromatic rings. The van der Waals surface area contributed by atoms with E-state index in [9.17, 15) is 0 Å². The molecule has 0 atom stereocenters. The quantitative estimate of drug-likeness (QED) is 0.739. The molecule has 102 valence electrons. The van der Waals surface area contributed by atoms with Gasteiger partial charge in [0.15, 0.2) is 5.82 Å². The average molecular weight is 268 g/mol. The van der Waals surface area contributed by atoms with Crippen molar-refractivity contribution in [3.8, 4) is 5.75 Å². The smallest absolute Gasteiger partial charge is 0.164 e. The van der Waals surface area contributed by atoms with E-state index in [0.717, 1.165) is 34.6 Å². The van der Waals surface area contributed by atoms with Gasteiger partial charge in [-0.2, -0.15) is 5.10 Å². The van der Waals surface area contributed by atoms with Crippen molar-refractivity contribution >= 4 is 16.5 Å². The molecule has 0 aliphatic heterocycles. The first-order valence-corrected chi connectivity index (χ1v) is 6.56. The molecule has 5 heteroatoms. The highest BCUT2D eigenvalue weighted by Gasteiger charge is 2.07.